The molecule has 160 valence electrons. The maximum atomic E-state index is 13.4. The van der Waals surface area contributed by atoms with E-state index in [0.717, 1.165) is 29.0 Å². The minimum atomic E-state index is -0.686. The quantitative estimate of drug-likeness (QED) is 0.438. The normalized spacial score (nSPS) is 12.2. The number of carbonyl (C=O) groups is 1. The standard InChI is InChI=1S/C22H23N5O2S2/c1-4-13-7-9-14(10-8-13)15-11-30-20-18(15)21(29)27(12-23-20)16(5-2)19(28)24-22-26-25-17(6-3)31-22/h7-12,16H,4-6H2,1-3H3,(H,24,26,28). The van der Waals surface area contributed by atoms with Crippen LogP contribution in [0.5, 0.6) is 0 Å². The Morgan fingerprint density at radius 2 is 1.90 bits per heavy atom. The van der Waals surface area contributed by atoms with Crippen molar-refractivity contribution in [2.24, 2.45) is 0 Å². The number of hydrogen-bond acceptors (Lipinski definition) is 7. The Labute approximate surface area is 187 Å². The lowest BCUT2D eigenvalue weighted by atomic mass is 10.0. The molecule has 0 fully saturated rings. The van der Waals surface area contributed by atoms with Crippen molar-refractivity contribution in [2.45, 2.75) is 46.1 Å². The minimum Gasteiger partial charge on any atom is -0.299 e. The fourth-order valence-electron chi connectivity index (χ4n) is 3.44. The summed E-state index contributed by atoms with van der Waals surface area (Å²) in [6.07, 6.45) is 3.63. The molecule has 0 bridgehead atoms. The van der Waals surface area contributed by atoms with Gasteiger partial charge < -0.3 is 0 Å². The Morgan fingerprint density at radius 1 is 1.13 bits per heavy atom. The lowest BCUT2D eigenvalue weighted by Crippen LogP contribution is -2.33. The van der Waals surface area contributed by atoms with Crippen LogP contribution in [0.2, 0.25) is 0 Å². The molecule has 4 rings (SSSR count). The van der Waals surface area contributed by atoms with Crippen LogP contribution in [0, 0.1) is 0 Å². The minimum absolute atomic E-state index is 0.214. The van der Waals surface area contributed by atoms with Gasteiger partial charge in [0.1, 0.15) is 15.9 Å². The number of amides is 1. The van der Waals surface area contributed by atoms with Crippen LogP contribution in [-0.2, 0) is 17.6 Å². The highest BCUT2D eigenvalue weighted by molar-refractivity contribution is 7.17. The number of aryl methyl sites for hydroxylation is 2. The van der Waals surface area contributed by atoms with Crippen LogP contribution in [-0.4, -0.2) is 25.7 Å². The van der Waals surface area contributed by atoms with Crippen molar-refractivity contribution in [3.8, 4) is 11.1 Å². The van der Waals surface area contributed by atoms with Crippen LogP contribution < -0.4 is 10.9 Å². The van der Waals surface area contributed by atoms with Crippen molar-refractivity contribution in [3.05, 3.63) is 56.9 Å². The molecule has 0 aliphatic rings. The zero-order valence-corrected chi connectivity index (χ0v) is 19.2. The molecule has 0 saturated carbocycles. The Bertz CT molecular complexity index is 1270. The molecule has 3 aromatic heterocycles. The third-order valence-corrected chi connectivity index (χ3v) is 7.09. The average molecular weight is 454 g/mol. The summed E-state index contributed by atoms with van der Waals surface area (Å²) >= 11 is 2.78. The van der Waals surface area contributed by atoms with E-state index in [4.69, 9.17) is 0 Å². The van der Waals surface area contributed by atoms with E-state index < -0.39 is 6.04 Å². The first-order valence-corrected chi connectivity index (χ1v) is 12.0. The molecule has 7 nitrogen and oxygen atoms in total. The molecule has 9 heteroatoms. The lowest BCUT2D eigenvalue weighted by Gasteiger charge is -2.16. The predicted octanol–water partition coefficient (Wildman–Crippen LogP) is 4.69. The first-order valence-electron chi connectivity index (χ1n) is 10.3. The molecule has 31 heavy (non-hydrogen) atoms. The van der Waals surface area contributed by atoms with Gasteiger partial charge in [0.25, 0.3) is 5.56 Å². The van der Waals surface area contributed by atoms with Crippen molar-refractivity contribution in [1.82, 2.24) is 19.7 Å². The zero-order chi connectivity index (χ0) is 22.0. The summed E-state index contributed by atoms with van der Waals surface area (Å²) in [6, 6.07) is 7.52. The molecule has 3 heterocycles. The van der Waals surface area contributed by atoms with E-state index in [2.05, 4.69) is 39.6 Å². The van der Waals surface area contributed by atoms with Gasteiger partial charge >= 0.3 is 0 Å². The van der Waals surface area contributed by atoms with E-state index in [1.807, 2.05) is 31.4 Å². The molecule has 4 aromatic rings. The summed E-state index contributed by atoms with van der Waals surface area (Å²) in [5.74, 6) is -0.298. The lowest BCUT2D eigenvalue weighted by molar-refractivity contribution is -0.119. The maximum absolute atomic E-state index is 13.4. The number of carbonyl (C=O) groups excluding carboxylic acids is 1. The third-order valence-electron chi connectivity index (χ3n) is 5.22. The summed E-state index contributed by atoms with van der Waals surface area (Å²) in [6.45, 7) is 5.96. The smallest absolute Gasteiger partial charge is 0.263 e. The molecule has 1 atom stereocenters. The average Bonchev–Trinajstić information content (AvgIpc) is 3.43. The number of aromatic nitrogens is 4. The van der Waals surface area contributed by atoms with Crippen LogP contribution in [0.25, 0.3) is 21.3 Å². The van der Waals surface area contributed by atoms with E-state index in [0.29, 0.717) is 21.8 Å². The summed E-state index contributed by atoms with van der Waals surface area (Å²) < 4.78 is 1.43. The maximum Gasteiger partial charge on any atom is 0.263 e. The van der Waals surface area contributed by atoms with Crippen molar-refractivity contribution in [2.75, 3.05) is 5.32 Å². The SMILES string of the molecule is CCc1ccc(-c2csc3ncn(C(CC)C(=O)Nc4nnc(CC)s4)c(=O)c23)cc1. The predicted molar refractivity (Wildman–Crippen MR) is 126 cm³/mol. The molecule has 1 unspecified atom stereocenters. The van der Waals surface area contributed by atoms with Crippen LogP contribution in [0.1, 0.15) is 43.8 Å². The molecule has 1 amide bonds. The van der Waals surface area contributed by atoms with E-state index in [-0.39, 0.29) is 11.5 Å². The van der Waals surface area contributed by atoms with Crippen molar-refractivity contribution >= 4 is 43.9 Å². The van der Waals surface area contributed by atoms with Gasteiger partial charge in [-0.3, -0.25) is 19.5 Å². The largest absolute Gasteiger partial charge is 0.299 e. The first kappa shape index (κ1) is 21.3. The number of nitrogens with one attached hydrogen (secondary N) is 1. The van der Waals surface area contributed by atoms with E-state index in [1.165, 1.54) is 39.1 Å². The molecular formula is C22H23N5O2S2. The van der Waals surface area contributed by atoms with Crippen molar-refractivity contribution in [1.29, 1.82) is 0 Å². The van der Waals surface area contributed by atoms with Gasteiger partial charge in [0, 0.05) is 10.9 Å². The van der Waals surface area contributed by atoms with Gasteiger partial charge in [-0.25, -0.2) is 4.98 Å². The Morgan fingerprint density at radius 3 is 2.55 bits per heavy atom. The van der Waals surface area contributed by atoms with Gasteiger partial charge in [0.2, 0.25) is 11.0 Å². The van der Waals surface area contributed by atoms with Gasteiger partial charge in [-0.2, -0.15) is 0 Å². The molecular weight excluding hydrogens is 430 g/mol. The van der Waals surface area contributed by atoms with Crippen LogP contribution in [0.3, 0.4) is 0 Å². The van der Waals surface area contributed by atoms with Crippen LogP contribution >= 0.6 is 22.7 Å². The molecule has 0 spiro atoms. The fraction of sp³-hybridized carbons (Fsp3) is 0.318. The number of fused-ring (bicyclic) bond motifs is 1. The van der Waals surface area contributed by atoms with E-state index in [1.54, 1.807) is 0 Å². The monoisotopic (exact) mass is 453 g/mol. The van der Waals surface area contributed by atoms with Gasteiger partial charge in [-0.05, 0) is 30.4 Å². The Balaban J connectivity index is 1.71. The van der Waals surface area contributed by atoms with E-state index >= 15 is 0 Å². The third kappa shape index (κ3) is 4.15. The highest BCUT2D eigenvalue weighted by atomic mass is 32.1. The molecule has 1 N–H and O–H groups in total. The van der Waals surface area contributed by atoms with Gasteiger partial charge in [0.05, 0.1) is 11.7 Å². The summed E-state index contributed by atoms with van der Waals surface area (Å²) in [4.78, 5) is 31.5. The second kappa shape index (κ2) is 9.07. The summed E-state index contributed by atoms with van der Waals surface area (Å²) in [5.41, 5.74) is 2.85. The van der Waals surface area contributed by atoms with Crippen molar-refractivity contribution in [3.63, 3.8) is 0 Å². The van der Waals surface area contributed by atoms with Crippen molar-refractivity contribution < 1.29 is 4.79 Å². The highest BCUT2D eigenvalue weighted by Crippen LogP contribution is 2.31. The van der Waals surface area contributed by atoms with Crippen LogP contribution in [0.4, 0.5) is 5.13 Å². The molecule has 0 radical (unpaired) electrons. The number of anilines is 1. The number of rotatable bonds is 7. The number of thiophene rings is 1. The molecule has 0 aliphatic heterocycles. The van der Waals surface area contributed by atoms with Gasteiger partial charge in [0.15, 0.2) is 0 Å². The Hall–Kier alpha value is -2.91. The van der Waals surface area contributed by atoms with Gasteiger partial charge in [-0.1, -0.05) is 56.4 Å². The number of nitrogens with zero attached hydrogens (tertiary/aromatic N) is 4. The highest BCUT2D eigenvalue weighted by Gasteiger charge is 2.23. The second-order valence-corrected chi connectivity index (χ2v) is 9.02. The number of benzene rings is 1. The first-order chi connectivity index (χ1) is 15.0. The van der Waals surface area contributed by atoms with Crippen LogP contribution in [0.15, 0.2) is 40.8 Å². The molecule has 0 saturated heterocycles. The summed E-state index contributed by atoms with van der Waals surface area (Å²) in [5, 5.41) is 14.6. The zero-order valence-electron chi connectivity index (χ0n) is 17.6. The molecule has 1 aromatic carbocycles. The summed E-state index contributed by atoms with van der Waals surface area (Å²) in [7, 11) is 0. The number of hydrogen-bond donors (Lipinski definition) is 1. The topological polar surface area (TPSA) is 89.8 Å². The van der Waals surface area contributed by atoms with E-state index in [9.17, 15) is 9.59 Å². The van der Waals surface area contributed by atoms with Gasteiger partial charge in [-0.15, -0.1) is 21.5 Å². The second-order valence-electron chi connectivity index (χ2n) is 7.10. The fourth-order valence-corrected chi connectivity index (χ4v) is 5.03. The Kier molecular flexibility index (Phi) is 6.24. The molecule has 0 aliphatic carbocycles.